The first-order valence-electron chi connectivity index (χ1n) is 6.45. The molecule has 114 valence electrons. The first kappa shape index (κ1) is 15.9. The maximum atomic E-state index is 11.8. The molecule has 5 nitrogen and oxygen atoms in total. The summed E-state index contributed by atoms with van der Waals surface area (Å²) in [6.45, 7) is -0.236. The molecule has 0 aliphatic rings. The van der Waals surface area contributed by atoms with E-state index < -0.39 is 5.97 Å². The number of halogens is 1. The summed E-state index contributed by atoms with van der Waals surface area (Å²) < 4.78 is 10.0. The van der Waals surface area contributed by atoms with E-state index in [1.807, 2.05) is 18.2 Å². The lowest BCUT2D eigenvalue weighted by Crippen LogP contribution is -2.21. The average Bonchev–Trinajstić information content (AvgIpc) is 2.53. The number of esters is 1. The zero-order valence-corrected chi connectivity index (χ0v) is 12.6. The second-order valence-electron chi connectivity index (χ2n) is 4.33. The molecule has 2 aromatic rings. The molecule has 0 spiro atoms. The van der Waals surface area contributed by atoms with Gasteiger partial charge >= 0.3 is 5.97 Å². The lowest BCUT2D eigenvalue weighted by atomic mass is 10.2. The molecule has 0 saturated carbocycles. The van der Waals surface area contributed by atoms with Crippen LogP contribution in [0.5, 0.6) is 5.75 Å². The third-order valence-electron chi connectivity index (χ3n) is 2.76. The first-order valence-corrected chi connectivity index (χ1v) is 6.83. The Morgan fingerprint density at radius 2 is 1.86 bits per heavy atom. The maximum Gasteiger partial charge on any atom is 0.341 e. The lowest BCUT2D eigenvalue weighted by molar-refractivity contribution is -0.118. The smallest absolute Gasteiger partial charge is 0.341 e. The second-order valence-corrected chi connectivity index (χ2v) is 4.77. The normalized spacial score (nSPS) is 9.91. The lowest BCUT2D eigenvalue weighted by Gasteiger charge is -2.11. The molecule has 0 aliphatic heterocycles. The van der Waals surface area contributed by atoms with E-state index in [0.717, 1.165) is 0 Å². The number of amides is 1. The molecule has 0 unspecified atom stereocenters. The molecule has 22 heavy (non-hydrogen) atoms. The van der Waals surface area contributed by atoms with Crippen molar-refractivity contribution in [2.75, 3.05) is 19.0 Å². The monoisotopic (exact) mass is 319 g/mol. The zero-order chi connectivity index (χ0) is 15.9. The van der Waals surface area contributed by atoms with Crippen LogP contribution in [0.4, 0.5) is 5.69 Å². The van der Waals surface area contributed by atoms with Crippen LogP contribution in [0.25, 0.3) is 0 Å². The quantitative estimate of drug-likeness (QED) is 0.860. The van der Waals surface area contributed by atoms with Gasteiger partial charge in [0.05, 0.1) is 7.11 Å². The fourth-order valence-corrected chi connectivity index (χ4v) is 1.93. The molecule has 6 heteroatoms. The van der Waals surface area contributed by atoms with Crippen molar-refractivity contribution >= 4 is 29.2 Å². The van der Waals surface area contributed by atoms with Gasteiger partial charge in [-0.05, 0) is 30.3 Å². The van der Waals surface area contributed by atoms with Gasteiger partial charge in [-0.1, -0.05) is 29.8 Å². The third-order valence-corrected chi connectivity index (χ3v) is 3.00. The van der Waals surface area contributed by atoms with Crippen LogP contribution in [-0.4, -0.2) is 25.6 Å². The molecule has 2 rings (SSSR count). The molecule has 1 N–H and O–H groups in total. The largest absolute Gasteiger partial charge is 0.483 e. The first-order chi connectivity index (χ1) is 10.6. The molecule has 0 aliphatic carbocycles. The van der Waals surface area contributed by atoms with Crippen molar-refractivity contribution in [2.45, 2.75) is 0 Å². The number of nitrogens with one attached hydrogen (secondary N) is 1. The van der Waals surface area contributed by atoms with E-state index in [0.29, 0.717) is 10.7 Å². The van der Waals surface area contributed by atoms with Crippen LogP contribution in [0.15, 0.2) is 48.5 Å². The highest BCUT2D eigenvalue weighted by molar-refractivity contribution is 6.31. The predicted molar refractivity (Wildman–Crippen MR) is 83.4 cm³/mol. The number of anilines is 1. The Morgan fingerprint density at radius 3 is 2.55 bits per heavy atom. The molecule has 1 amide bonds. The molecule has 0 bridgehead atoms. The van der Waals surface area contributed by atoms with Gasteiger partial charge < -0.3 is 14.8 Å². The number of methoxy groups -OCH3 is 1. The van der Waals surface area contributed by atoms with Crippen LogP contribution < -0.4 is 10.1 Å². The van der Waals surface area contributed by atoms with Gasteiger partial charge in [0, 0.05) is 10.7 Å². The Kier molecular flexibility index (Phi) is 5.38. The van der Waals surface area contributed by atoms with E-state index >= 15 is 0 Å². The summed E-state index contributed by atoms with van der Waals surface area (Å²) in [5.41, 5.74) is 0.836. The van der Waals surface area contributed by atoms with E-state index in [1.165, 1.54) is 19.2 Å². The minimum Gasteiger partial charge on any atom is -0.483 e. The molecule has 0 fully saturated rings. The number of hydrogen-bond acceptors (Lipinski definition) is 4. The summed E-state index contributed by atoms with van der Waals surface area (Å²) in [6.07, 6.45) is 0. The van der Waals surface area contributed by atoms with Crippen molar-refractivity contribution in [3.8, 4) is 5.75 Å². The number of carbonyl (C=O) groups is 2. The molecule has 0 heterocycles. The Hall–Kier alpha value is -2.53. The Morgan fingerprint density at radius 1 is 1.14 bits per heavy atom. The summed E-state index contributed by atoms with van der Waals surface area (Å²) in [5, 5.41) is 3.06. The van der Waals surface area contributed by atoms with E-state index in [4.69, 9.17) is 16.3 Å². The molecule has 0 atom stereocenters. The van der Waals surface area contributed by atoms with Gasteiger partial charge in [0.2, 0.25) is 0 Å². The van der Waals surface area contributed by atoms with Crippen molar-refractivity contribution < 1.29 is 19.1 Å². The van der Waals surface area contributed by atoms with Crippen molar-refractivity contribution in [1.82, 2.24) is 0 Å². The number of benzene rings is 2. The predicted octanol–water partition coefficient (Wildman–Crippen LogP) is 3.14. The highest BCUT2D eigenvalue weighted by atomic mass is 35.5. The molecule has 2 aromatic carbocycles. The third kappa shape index (κ3) is 4.23. The van der Waals surface area contributed by atoms with Gasteiger partial charge in [-0.3, -0.25) is 4.79 Å². The fourth-order valence-electron chi connectivity index (χ4n) is 1.76. The second kappa shape index (κ2) is 7.47. The summed E-state index contributed by atoms with van der Waals surface area (Å²) >= 11 is 5.85. The SMILES string of the molecule is COC(=O)c1cc(Cl)ccc1OCC(=O)Nc1ccccc1. The summed E-state index contributed by atoms with van der Waals surface area (Å²) in [7, 11) is 1.26. The minimum absolute atomic E-state index is 0.169. The van der Waals surface area contributed by atoms with Crippen molar-refractivity contribution in [3.05, 3.63) is 59.1 Å². The van der Waals surface area contributed by atoms with E-state index in [1.54, 1.807) is 18.2 Å². The van der Waals surface area contributed by atoms with Gasteiger partial charge in [0.25, 0.3) is 5.91 Å². The standard InChI is InChI=1S/C16H14ClNO4/c1-21-16(20)13-9-11(17)7-8-14(13)22-10-15(19)18-12-5-3-2-4-6-12/h2-9H,10H2,1H3,(H,18,19). The summed E-state index contributed by atoms with van der Waals surface area (Å²) in [6, 6.07) is 13.5. The molecule has 0 saturated heterocycles. The Labute approximate surface area is 132 Å². The Bertz CT molecular complexity index is 673. The van der Waals surface area contributed by atoms with Crippen molar-refractivity contribution in [1.29, 1.82) is 0 Å². The molecule has 0 radical (unpaired) electrons. The number of ether oxygens (including phenoxy) is 2. The van der Waals surface area contributed by atoms with Crippen LogP contribution in [0, 0.1) is 0 Å². The van der Waals surface area contributed by atoms with Gasteiger partial charge in [0.15, 0.2) is 6.61 Å². The van der Waals surface area contributed by atoms with E-state index in [2.05, 4.69) is 10.1 Å². The maximum absolute atomic E-state index is 11.8. The topological polar surface area (TPSA) is 64.6 Å². The van der Waals surface area contributed by atoms with Gasteiger partial charge in [-0.25, -0.2) is 4.79 Å². The zero-order valence-electron chi connectivity index (χ0n) is 11.8. The van der Waals surface area contributed by atoms with Crippen LogP contribution >= 0.6 is 11.6 Å². The van der Waals surface area contributed by atoms with Crippen LogP contribution in [0.2, 0.25) is 5.02 Å². The van der Waals surface area contributed by atoms with Gasteiger partial charge in [-0.15, -0.1) is 0 Å². The van der Waals surface area contributed by atoms with Crippen LogP contribution in [-0.2, 0) is 9.53 Å². The minimum atomic E-state index is -0.582. The van der Waals surface area contributed by atoms with E-state index in [9.17, 15) is 9.59 Å². The highest BCUT2D eigenvalue weighted by Gasteiger charge is 2.15. The Balaban J connectivity index is 2.02. The number of hydrogen-bond donors (Lipinski definition) is 1. The summed E-state index contributed by atoms with van der Waals surface area (Å²) in [4.78, 5) is 23.5. The number of para-hydroxylation sites is 1. The van der Waals surface area contributed by atoms with Crippen molar-refractivity contribution in [2.24, 2.45) is 0 Å². The van der Waals surface area contributed by atoms with Gasteiger partial charge in [0.1, 0.15) is 11.3 Å². The van der Waals surface area contributed by atoms with Crippen LogP contribution in [0.3, 0.4) is 0 Å². The van der Waals surface area contributed by atoms with Gasteiger partial charge in [-0.2, -0.15) is 0 Å². The number of carbonyl (C=O) groups excluding carboxylic acids is 2. The molecular weight excluding hydrogens is 306 g/mol. The molecular formula is C16H14ClNO4. The average molecular weight is 320 g/mol. The highest BCUT2D eigenvalue weighted by Crippen LogP contribution is 2.23. The molecule has 0 aromatic heterocycles. The van der Waals surface area contributed by atoms with E-state index in [-0.39, 0.29) is 23.8 Å². The van der Waals surface area contributed by atoms with Crippen molar-refractivity contribution in [3.63, 3.8) is 0 Å². The van der Waals surface area contributed by atoms with Crippen LogP contribution in [0.1, 0.15) is 10.4 Å². The fraction of sp³-hybridized carbons (Fsp3) is 0.125. The number of rotatable bonds is 5. The summed E-state index contributed by atoms with van der Waals surface area (Å²) in [5.74, 6) is -0.683.